The number of carbonyl (C=O) groups excluding carboxylic acids is 6. The van der Waals surface area contributed by atoms with Crippen LogP contribution in [0.1, 0.15) is 132 Å². The van der Waals surface area contributed by atoms with E-state index in [1.807, 2.05) is 48.5 Å². The third-order valence-corrected chi connectivity index (χ3v) is 12.7. The summed E-state index contributed by atoms with van der Waals surface area (Å²) in [6, 6.07) is 20.4. The Morgan fingerprint density at radius 3 is 1.30 bits per heavy atom. The zero-order valence-electron chi connectivity index (χ0n) is 41.4. The molecule has 2 aliphatic rings. The minimum atomic E-state index is -0.395. The maximum Gasteiger partial charge on any atom is 0.330 e. The zero-order chi connectivity index (χ0) is 50.6. The predicted molar refractivity (Wildman–Crippen MR) is 266 cm³/mol. The molecule has 0 spiro atoms. The number of rotatable bonds is 30. The van der Waals surface area contributed by atoms with Crippen LogP contribution < -0.4 is 18.9 Å². The Labute approximate surface area is 418 Å². The van der Waals surface area contributed by atoms with Crippen molar-refractivity contribution in [2.45, 2.75) is 148 Å². The third-order valence-electron chi connectivity index (χ3n) is 12.7. The van der Waals surface area contributed by atoms with Gasteiger partial charge in [-0.3, -0.25) is 19.2 Å². The van der Waals surface area contributed by atoms with Gasteiger partial charge in [0, 0.05) is 25.0 Å². The van der Waals surface area contributed by atoms with Crippen molar-refractivity contribution in [1.29, 1.82) is 0 Å². The molecular weight excluding hydrogens is 909 g/mol. The molecule has 71 heavy (non-hydrogen) atoms. The molecular formula is C57H72O14. The van der Waals surface area contributed by atoms with Gasteiger partial charge >= 0.3 is 35.8 Å². The highest BCUT2D eigenvalue weighted by Crippen LogP contribution is 2.32. The first-order valence-corrected chi connectivity index (χ1v) is 25.4. The van der Waals surface area contributed by atoms with Gasteiger partial charge in [0.15, 0.2) is 0 Å². The van der Waals surface area contributed by atoms with Gasteiger partial charge in [0.2, 0.25) is 0 Å². The molecule has 0 atom stereocenters. The van der Waals surface area contributed by atoms with Crippen LogP contribution in [0.2, 0.25) is 0 Å². The molecule has 0 saturated heterocycles. The first-order valence-electron chi connectivity index (χ1n) is 25.4. The number of esters is 6. The van der Waals surface area contributed by atoms with Crippen LogP contribution in [-0.2, 0) is 60.6 Å². The number of unbranched alkanes of at least 4 members (excludes halogenated alkanes) is 6. The van der Waals surface area contributed by atoms with E-state index in [4.69, 9.17) is 37.9 Å². The lowest BCUT2D eigenvalue weighted by atomic mass is 9.87. The van der Waals surface area contributed by atoms with Gasteiger partial charge in [-0.05, 0) is 182 Å². The number of hydrogen-bond donors (Lipinski definition) is 0. The van der Waals surface area contributed by atoms with E-state index < -0.39 is 11.9 Å². The average molecular weight is 981 g/mol. The van der Waals surface area contributed by atoms with E-state index in [0.717, 1.165) is 86.1 Å². The van der Waals surface area contributed by atoms with E-state index in [0.29, 0.717) is 108 Å². The van der Waals surface area contributed by atoms with Crippen LogP contribution in [0.3, 0.4) is 0 Å². The predicted octanol–water partition coefficient (Wildman–Crippen LogP) is 10.6. The van der Waals surface area contributed by atoms with Gasteiger partial charge in [-0.15, -0.1) is 0 Å². The molecule has 14 nitrogen and oxygen atoms in total. The fourth-order valence-corrected chi connectivity index (χ4v) is 8.47. The molecule has 0 bridgehead atoms. The topological polar surface area (TPSA) is 176 Å². The molecule has 2 fully saturated rings. The number of hydrogen-bond acceptors (Lipinski definition) is 14. The highest BCUT2D eigenvalue weighted by atomic mass is 16.6. The molecule has 0 N–H and O–H groups in total. The number of aryl methyl sites for hydroxylation is 3. The Bertz CT molecular complexity index is 2160. The lowest BCUT2D eigenvalue weighted by Gasteiger charge is -2.27. The normalized spacial score (nSPS) is 17.4. The average Bonchev–Trinajstić information content (AvgIpc) is 3.38. The summed E-state index contributed by atoms with van der Waals surface area (Å²) in [5, 5.41) is 0. The number of benzene rings is 3. The quantitative estimate of drug-likeness (QED) is 0.0203. The van der Waals surface area contributed by atoms with Crippen LogP contribution in [0.15, 0.2) is 92.0 Å². The second-order valence-corrected chi connectivity index (χ2v) is 18.3. The van der Waals surface area contributed by atoms with E-state index in [1.165, 1.54) is 0 Å². The van der Waals surface area contributed by atoms with Crippen molar-refractivity contribution in [3.05, 3.63) is 109 Å². The summed E-state index contributed by atoms with van der Waals surface area (Å²) >= 11 is 0. The van der Waals surface area contributed by atoms with Gasteiger partial charge in [-0.25, -0.2) is 9.59 Å². The van der Waals surface area contributed by atoms with Crippen molar-refractivity contribution in [1.82, 2.24) is 0 Å². The maximum atomic E-state index is 13.2. The van der Waals surface area contributed by atoms with Crippen molar-refractivity contribution in [3.8, 4) is 23.0 Å². The van der Waals surface area contributed by atoms with Crippen molar-refractivity contribution < 1.29 is 66.7 Å². The van der Waals surface area contributed by atoms with Crippen LogP contribution in [0.25, 0.3) is 0 Å². The molecule has 0 unspecified atom stereocenters. The van der Waals surface area contributed by atoms with E-state index in [1.54, 1.807) is 25.1 Å². The second kappa shape index (κ2) is 31.0. The molecule has 2 aliphatic carbocycles. The lowest BCUT2D eigenvalue weighted by molar-refractivity contribution is -0.153. The van der Waals surface area contributed by atoms with Crippen LogP contribution in [-0.4, -0.2) is 74.5 Å². The third kappa shape index (κ3) is 21.2. The van der Waals surface area contributed by atoms with Gasteiger partial charge in [0.05, 0.1) is 38.3 Å². The molecule has 0 heterocycles. The molecule has 3 aromatic rings. The molecule has 14 heteroatoms. The summed E-state index contributed by atoms with van der Waals surface area (Å²) in [6.45, 7) is 10.5. The van der Waals surface area contributed by atoms with Gasteiger partial charge in [0.25, 0.3) is 0 Å². The Morgan fingerprint density at radius 1 is 0.493 bits per heavy atom. The van der Waals surface area contributed by atoms with E-state index in [2.05, 4.69) is 13.2 Å². The molecule has 0 aromatic heterocycles. The maximum absolute atomic E-state index is 13.2. The molecule has 0 radical (unpaired) electrons. The lowest BCUT2D eigenvalue weighted by Crippen LogP contribution is -2.30. The first kappa shape index (κ1) is 55.5. The van der Waals surface area contributed by atoms with Gasteiger partial charge < -0.3 is 37.9 Å². The fourth-order valence-electron chi connectivity index (χ4n) is 8.47. The van der Waals surface area contributed by atoms with Crippen LogP contribution >= 0.6 is 0 Å². The summed E-state index contributed by atoms with van der Waals surface area (Å²) in [5.41, 5.74) is 2.68. The SMILES string of the molecule is C=CC(=O)OCCCCCCOc1ccc(CCC(=O)OC2CCC(C(=O)Oc3ccc(OC(=O)C4CCC(OC(=O)CCc5ccc(OCCCCCCOC(=O)C=C)cc5)CC4)c(C)c3)CC2)cc1. The molecule has 3 aromatic carbocycles. The molecule has 384 valence electrons. The largest absolute Gasteiger partial charge is 0.494 e. The highest BCUT2D eigenvalue weighted by molar-refractivity contribution is 5.81. The second-order valence-electron chi connectivity index (χ2n) is 18.3. The van der Waals surface area contributed by atoms with Crippen molar-refractivity contribution >= 4 is 35.8 Å². The summed E-state index contributed by atoms with van der Waals surface area (Å²) in [4.78, 5) is 73.8. The number of carbonyl (C=O) groups is 6. The smallest absolute Gasteiger partial charge is 0.330 e. The first-order chi connectivity index (χ1) is 34.5. The van der Waals surface area contributed by atoms with Crippen LogP contribution in [0.4, 0.5) is 0 Å². The highest BCUT2D eigenvalue weighted by Gasteiger charge is 2.31. The van der Waals surface area contributed by atoms with E-state index in [-0.39, 0.29) is 60.8 Å². The van der Waals surface area contributed by atoms with E-state index >= 15 is 0 Å². The summed E-state index contributed by atoms with van der Waals surface area (Å²) in [6.07, 6.45) is 15.3. The van der Waals surface area contributed by atoms with Crippen LogP contribution in [0.5, 0.6) is 23.0 Å². The summed E-state index contributed by atoms with van der Waals surface area (Å²) in [5.74, 6) is -0.298. The molecule has 0 amide bonds. The Balaban J connectivity index is 0.890. The zero-order valence-corrected chi connectivity index (χ0v) is 41.4. The van der Waals surface area contributed by atoms with Crippen molar-refractivity contribution in [2.75, 3.05) is 26.4 Å². The van der Waals surface area contributed by atoms with E-state index in [9.17, 15) is 28.8 Å². The Hall–Kier alpha value is -6.44. The fraction of sp³-hybridized carbons (Fsp3) is 0.509. The van der Waals surface area contributed by atoms with Crippen molar-refractivity contribution in [2.24, 2.45) is 11.8 Å². The van der Waals surface area contributed by atoms with Crippen LogP contribution in [0, 0.1) is 18.8 Å². The number of ether oxygens (including phenoxy) is 8. The molecule has 5 rings (SSSR count). The van der Waals surface area contributed by atoms with Crippen molar-refractivity contribution in [3.63, 3.8) is 0 Å². The molecule has 0 aliphatic heterocycles. The van der Waals surface area contributed by atoms with Gasteiger partial charge in [-0.2, -0.15) is 0 Å². The standard InChI is InChI=1S/C57H72O14/c1-4-52(58)66-38-12-8-6-10-36-64-46-24-14-42(15-25-46)18-34-54(60)68-48-28-20-44(21-29-48)56(62)70-50-32-33-51(41(3)40-50)71-57(63)45-22-30-49(31-23-45)69-55(61)35-19-43-16-26-47(27-17-43)65-37-11-7-9-13-39-67-53(59)5-2/h4-5,14-17,24-27,32-33,40,44-45,48-49H,1-2,6-13,18-23,28-31,34-39H2,3H3. The summed E-state index contributed by atoms with van der Waals surface area (Å²) in [7, 11) is 0. The summed E-state index contributed by atoms with van der Waals surface area (Å²) < 4.78 is 44.7. The minimum absolute atomic E-state index is 0.240. The molecule has 2 saturated carbocycles. The van der Waals surface area contributed by atoms with Gasteiger partial charge in [0.1, 0.15) is 35.2 Å². The van der Waals surface area contributed by atoms with Gasteiger partial charge in [-0.1, -0.05) is 37.4 Å². The Kier molecular flexibility index (Phi) is 24.2. The minimum Gasteiger partial charge on any atom is -0.494 e. The Morgan fingerprint density at radius 2 is 0.887 bits per heavy atom. The monoisotopic (exact) mass is 980 g/mol.